The number of hydrogen-bond acceptors (Lipinski definition) is 5. The molecular weight excluding hydrogens is 388 g/mol. The minimum Gasteiger partial charge on any atom is -0.508 e. The number of imidazole rings is 1. The van der Waals surface area contributed by atoms with Crippen LogP contribution in [0.4, 0.5) is 5.69 Å². The third kappa shape index (κ3) is 4.28. The van der Waals surface area contributed by atoms with E-state index in [9.17, 15) is 10.2 Å². The van der Waals surface area contributed by atoms with Gasteiger partial charge in [-0.05, 0) is 55.0 Å². The summed E-state index contributed by atoms with van der Waals surface area (Å²) >= 11 is 0. The average molecular weight is 412 g/mol. The fourth-order valence-corrected chi connectivity index (χ4v) is 3.26. The zero-order valence-electron chi connectivity index (χ0n) is 17.7. The van der Waals surface area contributed by atoms with Gasteiger partial charge in [0, 0.05) is 31.5 Å². The van der Waals surface area contributed by atoms with E-state index >= 15 is 0 Å². The first-order valence-corrected chi connectivity index (χ1v) is 9.92. The van der Waals surface area contributed by atoms with Crippen LogP contribution in [0.3, 0.4) is 0 Å². The topological polar surface area (TPSA) is 73.9 Å². The summed E-state index contributed by atoms with van der Waals surface area (Å²) < 4.78 is 1.63. The first kappa shape index (κ1) is 20.2. The van der Waals surface area contributed by atoms with E-state index in [1.54, 1.807) is 41.8 Å². The van der Waals surface area contributed by atoms with Crippen LogP contribution in [0.25, 0.3) is 29.1 Å². The summed E-state index contributed by atoms with van der Waals surface area (Å²) in [6.07, 6.45) is 9.52. The summed E-state index contributed by atoms with van der Waals surface area (Å²) in [6, 6.07) is 15.1. The van der Waals surface area contributed by atoms with Crippen molar-refractivity contribution in [3.8, 4) is 22.9 Å². The first-order valence-electron chi connectivity index (χ1n) is 9.92. The number of allylic oxidation sites excluding steroid dienone is 2. The Morgan fingerprint density at radius 1 is 0.871 bits per heavy atom. The molecule has 0 unspecified atom stereocenters. The van der Waals surface area contributed by atoms with Crippen LogP contribution >= 0.6 is 0 Å². The average Bonchev–Trinajstić information content (AvgIpc) is 3.05. The highest BCUT2D eigenvalue weighted by Gasteiger charge is 2.14. The van der Waals surface area contributed by atoms with E-state index in [0.717, 1.165) is 16.8 Å². The number of nitrogens with zero attached hydrogens (tertiary/aromatic N) is 4. The lowest BCUT2D eigenvalue weighted by Crippen LogP contribution is -2.07. The van der Waals surface area contributed by atoms with Crippen molar-refractivity contribution in [2.75, 3.05) is 19.0 Å². The molecule has 0 atom stereocenters. The summed E-state index contributed by atoms with van der Waals surface area (Å²) in [5.41, 5.74) is 5.47. The molecule has 2 aromatic carbocycles. The molecule has 0 radical (unpaired) electrons. The molecule has 0 amide bonds. The lowest BCUT2D eigenvalue weighted by Gasteiger charge is -2.11. The number of aryl methyl sites for hydroxylation is 1. The summed E-state index contributed by atoms with van der Waals surface area (Å²) in [6.45, 7) is 1.75. The maximum Gasteiger partial charge on any atom is 0.219 e. The Bertz CT molecular complexity index is 1270. The largest absolute Gasteiger partial charge is 0.508 e. The molecular formula is C25H24N4O2. The van der Waals surface area contributed by atoms with Gasteiger partial charge in [-0.1, -0.05) is 30.4 Å². The van der Waals surface area contributed by atoms with Crippen LogP contribution in [0.2, 0.25) is 0 Å². The Hall–Kier alpha value is -4.06. The minimum absolute atomic E-state index is 0.0867. The molecule has 4 aromatic rings. The summed E-state index contributed by atoms with van der Waals surface area (Å²) in [5.74, 6) is 0.269. The van der Waals surface area contributed by atoms with Gasteiger partial charge in [0.05, 0.1) is 5.69 Å². The number of anilines is 1. The molecule has 31 heavy (non-hydrogen) atoms. The monoisotopic (exact) mass is 412 g/mol. The molecule has 0 saturated heterocycles. The molecule has 0 aliphatic carbocycles. The van der Waals surface area contributed by atoms with Gasteiger partial charge in [-0.3, -0.25) is 4.40 Å². The molecule has 4 rings (SSSR count). The summed E-state index contributed by atoms with van der Waals surface area (Å²) in [7, 11) is 4.03. The summed E-state index contributed by atoms with van der Waals surface area (Å²) in [5, 5.41) is 20.0. The number of aromatic hydroxyl groups is 2. The maximum absolute atomic E-state index is 10.4. The van der Waals surface area contributed by atoms with Crippen LogP contribution in [0.1, 0.15) is 17.0 Å². The van der Waals surface area contributed by atoms with Gasteiger partial charge < -0.3 is 15.1 Å². The van der Waals surface area contributed by atoms with Gasteiger partial charge in [0.25, 0.3) is 0 Å². The molecule has 0 fully saturated rings. The molecule has 0 aliphatic heterocycles. The smallest absolute Gasteiger partial charge is 0.219 e. The van der Waals surface area contributed by atoms with E-state index < -0.39 is 0 Å². The molecule has 0 bridgehead atoms. The number of aromatic nitrogens is 3. The normalized spacial score (nSPS) is 11.7. The van der Waals surface area contributed by atoms with Gasteiger partial charge in [-0.15, -0.1) is 0 Å². The van der Waals surface area contributed by atoms with Crippen molar-refractivity contribution in [1.29, 1.82) is 0 Å². The molecule has 0 aliphatic rings. The van der Waals surface area contributed by atoms with Crippen molar-refractivity contribution in [3.63, 3.8) is 0 Å². The standard InChI is InChI=1S/C25H24N4O2/c1-17-25(31)29-16-20(7-5-4-6-18-8-12-21(13-9-18)28(2)3)27-23(24(29)26-17)19-10-14-22(30)15-11-19/h4-16,30-31H,1-3H3/b6-4+,7-5+. The Balaban J connectivity index is 1.65. The van der Waals surface area contributed by atoms with E-state index in [2.05, 4.69) is 34.1 Å². The Morgan fingerprint density at radius 3 is 2.23 bits per heavy atom. The van der Waals surface area contributed by atoms with E-state index in [-0.39, 0.29) is 11.6 Å². The second-order valence-electron chi connectivity index (χ2n) is 7.48. The van der Waals surface area contributed by atoms with E-state index in [1.807, 2.05) is 38.4 Å². The highest BCUT2D eigenvalue weighted by atomic mass is 16.3. The van der Waals surface area contributed by atoms with Crippen molar-refractivity contribution < 1.29 is 10.2 Å². The molecule has 6 heteroatoms. The Morgan fingerprint density at radius 2 is 1.55 bits per heavy atom. The van der Waals surface area contributed by atoms with Crippen LogP contribution in [0.15, 0.2) is 66.9 Å². The van der Waals surface area contributed by atoms with Crippen LogP contribution in [-0.2, 0) is 0 Å². The predicted molar refractivity (Wildman–Crippen MR) is 125 cm³/mol. The molecule has 0 spiro atoms. The first-order chi connectivity index (χ1) is 14.9. The zero-order chi connectivity index (χ0) is 22.0. The lowest BCUT2D eigenvalue weighted by atomic mass is 10.1. The van der Waals surface area contributed by atoms with E-state index in [1.165, 1.54) is 0 Å². The van der Waals surface area contributed by atoms with Gasteiger partial charge in [-0.2, -0.15) is 0 Å². The minimum atomic E-state index is 0.0867. The van der Waals surface area contributed by atoms with Crippen molar-refractivity contribution in [1.82, 2.24) is 14.4 Å². The summed E-state index contributed by atoms with van der Waals surface area (Å²) in [4.78, 5) is 11.2. The second-order valence-corrected chi connectivity index (χ2v) is 7.48. The molecule has 6 nitrogen and oxygen atoms in total. The van der Waals surface area contributed by atoms with Gasteiger partial charge in [0.15, 0.2) is 5.65 Å². The number of hydrogen-bond donors (Lipinski definition) is 2. The highest BCUT2D eigenvalue weighted by molar-refractivity contribution is 5.76. The molecule has 2 heterocycles. The van der Waals surface area contributed by atoms with Crippen LogP contribution in [-0.4, -0.2) is 38.7 Å². The Kier molecular flexibility index (Phi) is 5.45. The van der Waals surface area contributed by atoms with Gasteiger partial charge in [0.2, 0.25) is 5.88 Å². The number of phenolic OH excluding ortho intramolecular Hbond substituents is 1. The quantitative estimate of drug-likeness (QED) is 0.456. The van der Waals surface area contributed by atoms with Crippen molar-refractivity contribution in [3.05, 3.63) is 83.8 Å². The molecule has 0 saturated carbocycles. The number of benzene rings is 2. The van der Waals surface area contributed by atoms with Crippen LogP contribution < -0.4 is 4.90 Å². The Labute approximate surface area is 181 Å². The fourth-order valence-electron chi connectivity index (χ4n) is 3.26. The van der Waals surface area contributed by atoms with Crippen LogP contribution in [0.5, 0.6) is 11.6 Å². The number of phenols is 1. The van der Waals surface area contributed by atoms with Crippen molar-refractivity contribution in [2.24, 2.45) is 0 Å². The van der Waals surface area contributed by atoms with Gasteiger partial charge in [0.1, 0.15) is 17.1 Å². The second kappa shape index (κ2) is 8.36. The number of rotatable bonds is 5. The fraction of sp³-hybridized carbons (Fsp3) is 0.120. The van der Waals surface area contributed by atoms with Crippen molar-refractivity contribution >= 4 is 23.5 Å². The zero-order valence-corrected chi connectivity index (χ0v) is 17.7. The molecule has 2 N–H and O–H groups in total. The van der Waals surface area contributed by atoms with E-state index in [4.69, 9.17) is 4.98 Å². The van der Waals surface area contributed by atoms with Crippen molar-refractivity contribution in [2.45, 2.75) is 6.92 Å². The third-order valence-corrected chi connectivity index (χ3v) is 4.98. The number of fused-ring (bicyclic) bond motifs is 1. The third-order valence-electron chi connectivity index (χ3n) is 4.98. The van der Waals surface area contributed by atoms with Gasteiger partial charge >= 0.3 is 0 Å². The molecule has 156 valence electrons. The predicted octanol–water partition coefficient (Wildman–Crippen LogP) is 4.91. The lowest BCUT2D eigenvalue weighted by molar-refractivity contribution is 0.444. The van der Waals surface area contributed by atoms with E-state index in [0.29, 0.717) is 22.7 Å². The highest BCUT2D eigenvalue weighted by Crippen LogP contribution is 2.28. The SMILES string of the molecule is Cc1nc2c(-c3ccc(O)cc3)nc(/C=C/C=C/c3ccc(N(C)C)cc3)cn2c1O. The van der Waals surface area contributed by atoms with Gasteiger partial charge in [-0.25, -0.2) is 9.97 Å². The molecule has 2 aromatic heterocycles. The maximum atomic E-state index is 10.4. The van der Waals surface area contributed by atoms with Crippen LogP contribution in [0, 0.1) is 6.92 Å².